The summed E-state index contributed by atoms with van der Waals surface area (Å²) in [6, 6.07) is 6.22. The van der Waals surface area contributed by atoms with E-state index in [1.807, 2.05) is 0 Å². The van der Waals surface area contributed by atoms with Crippen LogP contribution in [-0.2, 0) is 0 Å². The predicted octanol–water partition coefficient (Wildman–Crippen LogP) is 3.55. The Balaban J connectivity index is 2.43. The summed E-state index contributed by atoms with van der Waals surface area (Å²) < 4.78 is 40.7. The second-order valence-electron chi connectivity index (χ2n) is 4.08. The van der Waals surface area contributed by atoms with Gasteiger partial charge in [0.1, 0.15) is 17.4 Å². The van der Waals surface area contributed by atoms with E-state index < -0.39 is 17.5 Å². The van der Waals surface area contributed by atoms with E-state index in [1.54, 1.807) is 13.0 Å². The van der Waals surface area contributed by atoms with Crippen LogP contribution in [0.1, 0.15) is 12.5 Å². The summed E-state index contributed by atoms with van der Waals surface area (Å²) in [5.41, 5.74) is -0.217. The first kappa shape index (κ1) is 14.7. The summed E-state index contributed by atoms with van der Waals surface area (Å²) in [6.07, 6.45) is 0. The molecule has 1 aromatic carbocycles. The number of halogens is 3. The topological polar surface area (TPSA) is 60.7 Å². The lowest BCUT2D eigenvalue weighted by Gasteiger charge is -2.11. The van der Waals surface area contributed by atoms with Crippen molar-refractivity contribution in [2.75, 3.05) is 17.2 Å². The van der Waals surface area contributed by atoms with Crippen molar-refractivity contribution in [2.24, 2.45) is 0 Å². The molecule has 2 aromatic rings. The van der Waals surface area contributed by atoms with Crippen molar-refractivity contribution in [2.45, 2.75) is 6.92 Å². The second-order valence-corrected chi connectivity index (χ2v) is 4.08. The Morgan fingerprint density at radius 3 is 2.52 bits per heavy atom. The van der Waals surface area contributed by atoms with Gasteiger partial charge < -0.3 is 10.6 Å². The molecule has 0 atom stereocenters. The highest BCUT2D eigenvalue weighted by Gasteiger charge is 2.14. The zero-order valence-electron chi connectivity index (χ0n) is 11.0. The van der Waals surface area contributed by atoms with E-state index in [0.29, 0.717) is 12.6 Å². The minimum absolute atomic E-state index is 0.0537. The smallest absolute Gasteiger partial charge is 0.169 e. The van der Waals surface area contributed by atoms with Crippen LogP contribution >= 0.6 is 0 Å². The molecule has 0 aliphatic heterocycles. The lowest BCUT2D eigenvalue weighted by atomic mass is 10.2. The van der Waals surface area contributed by atoms with E-state index in [1.165, 1.54) is 12.1 Å². The molecule has 0 saturated heterocycles. The Morgan fingerprint density at radius 1 is 1.14 bits per heavy atom. The Kier molecular flexibility index (Phi) is 4.28. The average Bonchev–Trinajstić information content (AvgIpc) is 2.44. The summed E-state index contributed by atoms with van der Waals surface area (Å²) in [7, 11) is 0. The molecule has 2 N–H and O–H groups in total. The van der Waals surface area contributed by atoms with Crippen molar-refractivity contribution >= 4 is 17.3 Å². The first-order valence-corrected chi connectivity index (χ1v) is 6.12. The summed E-state index contributed by atoms with van der Waals surface area (Å²) >= 11 is 0. The van der Waals surface area contributed by atoms with Gasteiger partial charge in [-0.05, 0) is 19.1 Å². The van der Waals surface area contributed by atoms with Gasteiger partial charge in [0.2, 0.25) is 0 Å². The van der Waals surface area contributed by atoms with Gasteiger partial charge in [-0.1, -0.05) is 6.07 Å². The molecule has 0 fully saturated rings. The fourth-order valence-electron chi connectivity index (χ4n) is 1.72. The van der Waals surface area contributed by atoms with Crippen LogP contribution in [-0.4, -0.2) is 11.5 Å². The number of hydrogen-bond donors (Lipinski definition) is 2. The molecule has 1 aromatic heterocycles. The molecule has 2 rings (SSSR count). The van der Waals surface area contributed by atoms with E-state index in [9.17, 15) is 13.2 Å². The van der Waals surface area contributed by atoms with Gasteiger partial charge in [-0.15, -0.1) is 0 Å². The fourth-order valence-corrected chi connectivity index (χ4v) is 1.72. The lowest BCUT2D eigenvalue weighted by molar-refractivity contribution is 0.579. The highest BCUT2D eigenvalue weighted by atomic mass is 19.1. The maximum Gasteiger partial charge on any atom is 0.169 e. The van der Waals surface area contributed by atoms with E-state index in [0.717, 1.165) is 6.07 Å². The van der Waals surface area contributed by atoms with Crippen LogP contribution in [0, 0.1) is 28.8 Å². The van der Waals surface area contributed by atoms with Gasteiger partial charge >= 0.3 is 0 Å². The number of nitriles is 1. The number of hydrogen-bond acceptors (Lipinski definition) is 4. The fraction of sp³-hybridized carbons (Fsp3) is 0.143. The standard InChI is InChI=1S/C14H11F3N4/c1-2-19-13-10(16)6-11(17)14(21-13)20-12-5-3-4-9(15)8(12)7-18/h3-6H,2H2,1H3,(H2,19,20,21). The highest BCUT2D eigenvalue weighted by molar-refractivity contribution is 5.66. The summed E-state index contributed by atoms with van der Waals surface area (Å²) in [5, 5.41) is 14.1. The molecule has 0 saturated carbocycles. The normalized spacial score (nSPS) is 10.0. The molecule has 0 unspecified atom stereocenters. The van der Waals surface area contributed by atoms with Crippen LogP contribution < -0.4 is 10.6 Å². The van der Waals surface area contributed by atoms with Crippen LogP contribution in [0.5, 0.6) is 0 Å². The van der Waals surface area contributed by atoms with Crippen LogP contribution in [0.2, 0.25) is 0 Å². The highest BCUT2D eigenvalue weighted by Crippen LogP contribution is 2.25. The number of aromatic nitrogens is 1. The van der Waals surface area contributed by atoms with Crippen LogP contribution in [0.15, 0.2) is 24.3 Å². The summed E-state index contributed by atoms with van der Waals surface area (Å²) in [6.45, 7) is 2.14. The Labute approximate surface area is 119 Å². The lowest BCUT2D eigenvalue weighted by Crippen LogP contribution is -2.07. The van der Waals surface area contributed by atoms with E-state index in [4.69, 9.17) is 5.26 Å². The predicted molar refractivity (Wildman–Crippen MR) is 72.7 cm³/mol. The molecule has 1 heterocycles. The Bertz CT molecular complexity index is 710. The van der Waals surface area contributed by atoms with Crippen molar-refractivity contribution < 1.29 is 13.2 Å². The van der Waals surface area contributed by atoms with E-state index >= 15 is 0 Å². The monoisotopic (exact) mass is 292 g/mol. The van der Waals surface area contributed by atoms with Gasteiger partial charge in [-0.3, -0.25) is 0 Å². The largest absolute Gasteiger partial charge is 0.368 e. The molecular formula is C14H11F3N4. The quantitative estimate of drug-likeness (QED) is 0.904. The zero-order valence-corrected chi connectivity index (χ0v) is 11.0. The van der Waals surface area contributed by atoms with E-state index in [2.05, 4.69) is 15.6 Å². The first-order valence-electron chi connectivity index (χ1n) is 6.12. The molecule has 0 bridgehead atoms. The van der Waals surface area contributed by atoms with Crippen LogP contribution in [0.4, 0.5) is 30.5 Å². The maximum absolute atomic E-state index is 13.7. The minimum atomic E-state index is -0.942. The maximum atomic E-state index is 13.7. The number of nitrogens with zero attached hydrogens (tertiary/aromatic N) is 2. The van der Waals surface area contributed by atoms with Gasteiger partial charge in [-0.2, -0.15) is 5.26 Å². The van der Waals surface area contributed by atoms with Gasteiger partial charge in [0, 0.05) is 12.6 Å². The van der Waals surface area contributed by atoms with Gasteiger partial charge in [0.25, 0.3) is 0 Å². The third-order valence-corrected chi connectivity index (χ3v) is 2.65. The Hall–Kier alpha value is -2.75. The minimum Gasteiger partial charge on any atom is -0.368 e. The molecule has 21 heavy (non-hydrogen) atoms. The molecule has 0 spiro atoms. The summed E-state index contributed by atoms with van der Waals surface area (Å²) in [4.78, 5) is 3.76. The zero-order chi connectivity index (χ0) is 15.4. The molecule has 7 heteroatoms. The van der Waals surface area contributed by atoms with Crippen LogP contribution in [0.25, 0.3) is 0 Å². The number of nitrogens with one attached hydrogen (secondary N) is 2. The third-order valence-electron chi connectivity index (χ3n) is 2.65. The van der Waals surface area contributed by atoms with Gasteiger partial charge in [-0.25, -0.2) is 18.2 Å². The molecule has 0 aliphatic rings. The van der Waals surface area contributed by atoms with Crippen molar-refractivity contribution in [1.29, 1.82) is 5.26 Å². The second kappa shape index (κ2) is 6.13. The SMILES string of the molecule is CCNc1nc(Nc2cccc(F)c2C#N)c(F)cc1F. The summed E-state index contributed by atoms with van der Waals surface area (Å²) in [5.74, 6) is -2.94. The van der Waals surface area contributed by atoms with Crippen molar-refractivity contribution in [1.82, 2.24) is 4.98 Å². The van der Waals surface area contributed by atoms with Crippen LogP contribution in [0.3, 0.4) is 0 Å². The molecule has 108 valence electrons. The van der Waals surface area contributed by atoms with E-state index in [-0.39, 0.29) is 22.9 Å². The average molecular weight is 292 g/mol. The van der Waals surface area contributed by atoms with Crippen molar-refractivity contribution in [3.8, 4) is 6.07 Å². The molecule has 0 radical (unpaired) electrons. The Morgan fingerprint density at radius 2 is 1.86 bits per heavy atom. The number of anilines is 3. The molecule has 0 aliphatic carbocycles. The van der Waals surface area contributed by atoms with Gasteiger partial charge in [0.05, 0.1) is 5.69 Å². The van der Waals surface area contributed by atoms with Gasteiger partial charge in [0.15, 0.2) is 23.3 Å². The molecule has 4 nitrogen and oxygen atoms in total. The number of benzene rings is 1. The van der Waals surface area contributed by atoms with Crippen molar-refractivity contribution in [3.63, 3.8) is 0 Å². The number of rotatable bonds is 4. The molecule has 0 amide bonds. The third kappa shape index (κ3) is 3.05. The first-order chi connectivity index (χ1) is 10.1. The number of pyridine rings is 1. The van der Waals surface area contributed by atoms with Crippen molar-refractivity contribution in [3.05, 3.63) is 47.3 Å². The molecular weight excluding hydrogens is 281 g/mol.